The van der Waals surface area contributed by atoms with Crippen LogP contribution in [-0.2, 0) is 19.1 Å². The molecule has 162 valence electrons. The van der Waals surface area contributed by atoms with E-state index in [-0.39, 0.29) is 5.57 Å². The van der Waals surface area contributed by atoms with Gasteiger partial charge in [0, 0.05) is 47.8 Å². The molecule has 2 aliphatic heterocycles. The molecule has 2 unspecified atom stereocenters. The van der Waals surface area contributed by atoms with E-state index in [0.29, 0.717) is 30.8 Å². The molecule has 30 heavy (non-hydrogen) atoms. The fourth-order valence-corrected chi connectivity index (χ4v) is 5.03. The monoisotopic (exact) mass is 431 g/mol. The molecule has 1 saturated heterocycles. The van der Waals surface area contributed by atoms with Crippen molar-refractivity contribution in [1.82, 2.24) is 4.90 Å². The van der Waals surface area contributed by atoms with Gasteiger partial charge in [0.1, 0.15) is 0 Å². The molecule has 2 aliphatic rings. The van der Waals surface area contributed by atoms with E-state index in [0.717, 1.165) is 22.8 Å². The number of thioether (sulfide) groups is 1. The van der Waals surface area contributed by atoms with Gasteiger partial charge < -0.3 is 19.5 Å². The molecule has 0 amide bonds. The molecule has 0 radical (unpaired) electrons. The number of benzene rings is 1. The third-order valence-corrected chi connectivity index (χ3v) is 6.72. The Kier molecular flexibility index (Phi) is 6.93. The van der Waals surface area contributed by atoms with Crippen molar-refractivity contribution in [3.8, 4) is 0 Å². The number of nitrogens with zero attached hydrogens (tertiary/aromatic N) is 1. The maximum absolute atomic E-state index is 13.1. The summed E-state index contributed by atoms with van der Waals surface area (Å²) in [6, 6.07) is 10.0. The summed E-state index contributed by atoms with van der Waals surface area (Å²) in [5.41, 5.74) is 2.03. The summed E-state index contributed by atoms with van der Waals surface area (Å²) >= 11 is 1.69. The van der Waals surface area contributed by atoms with Crippen molar-refractivity contribution in [2.24, 2.45) is 5.92 Å². The highest BCUT2D eigenvalue weighted by Gasteiger charge is 2.40. The van der Waals surface area contributed by atoms with E-state index >= 15 is 0 Å². The van der Waals surface area contributed by atoms with Crippen LogP contribution in [0.15, 0.2) is 57.8 Å². The molecule has 7 heteroatoms. The molecule has 0 bridgehead atoms. The van der Waals surface area contributed by atoms with Crippen molar-refractivity contribution < 1.29 is 24.2 Å². The molecule has 1 aromatic rings. The number of carbonyl (C=O) groups excluding carboxylic acids is 1. The van der Waals surface area contributed by atoms with Crippen molar-refractivity contribution in [2.75, 3.05) is 18.9 Å². The van der Waals surface area contributed by atoms with Crippen LogP contribution in [0, 0.1) is 5.92 Å². The lowest BCUT2D eigenvalue weighted by atomic mass is 9.86. The van der Waals surface area contributed by atoms with Gasteiger partial charge in [-0.3, -0.25) is 0 Å². The number of aliphatic carboxylic acids is 1. The molecule has 2 atom stereocenters. The lowest BCUT2D eigenvalue weighted by Gasteiger charge is -2.37. The fourth-order valence-electron chi connectivity index (χ4n) is 4.17. The lowest BCUT2D eigenvalue weighted by molar-refractivity contribution is -0.202. The van der Waals surface area contributed by atoms with Gasteiger partial charge in [0.05, 0.1) is 17.8 Å². The van der Waals surface area contributed by atoms with Crippen molar-refractivity contribution in [1.29, 1.82) is 0 Å². The van der Waals surface area contributed by atoms with E-state index < -0.39 is 23.6 Å². The standard InChI is InChI=1S/C23H29NO5S/c1-15-19(21(25)26)16(2)24(12-14-30-18-9-6-5-7-10-18)17(3)20(15)22(27)29-23(4)11-8-13-28-23/h5-7,9-10,15H,8,11-14H2,1-4H3,(H,25,26). The van der Waals surface area contributed by atoms with Crippen LogP contribution in [0.2, 0.25) is 0 Å². The fraction of sp³-hybridized carbons (Fsp3) is 0.478. The van der Waals surface area contributed by atoms with Crippen molar-refractivity contribution in [2.45, 2.75) is 51.2 Å². The summed E-state index contributed by atoms with van der Waals surface area (Å²) in [6.45, 7) is 8.32. The Balaban J connectivity index is 1.84. The summed E-state index contributed by atoms with van der Waals surface area (Å²) in [7, 11) is 0. The zero-order valence-electron chi connectivity index (χ0n) is 17.9. The topological polar surface area (TPSA) is 76.1 Å². The van der Waals surface area contributed by atoms with Crippen molar-refractivity contribution in [3.05, 3.63) is 52.9 Å². The molecule has 1 fully saturated rings. The van der Waals surface area contributed by atoms with Gasteiger partial charge >= 0.3 is 11.9 Å². The Hall–Kier alpha value is -2.25. The third-order valence-electron chi connectivity index (χ3n) is 5.72. The molecule has 0 spiro atoms. The van der Waals surface area contributed by atoms with Crippen LogP contribution in [0.4, 0.5) is 0 Å². The first-order chi connectivity index (χ1) is 14.2. The second-order valence-corrected chi connectivity index (χ2v) is 8.98. The van der Waals surface area contributed by atoms with Gasteiger partial charge in [0.25, 0.3) is 0 Å². The minimum absolute atomic E-state index is 0.231. The van der Waals surface area contributed by atoms with Gasteiger partial charge in [0.2, 0.25) is 5.79 Å². The number of carboxylic acids is 1. The van der Waals surface area contributed by atoms with Gasteiger partial charge in [-0.05, 0) is 32.4 Å². The number of hydrogen-bond donors (Lipinski definition) is 1. The third kappa shape index (κ3) is 4.73. The molecule has 1 N–H and O–H groups in total. The molecular weight excluding hydrogens is 402 g/mol. The minimum Gasteiger partial charge on any atom is -0.478 e. The number of ether oxygens (including phenoxy) is 2. The first-order valence-electron chi connectivity index (χ1n) is 10.2. The predicted octanol–water partition coefficient (Wildman–Crippen LogP) is 4.43. The second kappa shape index (κ2) is 9.27. The van der Waals surface area contributed by atoms with E-state index in [4.69, 9.17) is 9.47 Å². The average molecular weight is 432 g/mol. The number of carbonyl (C=O) groups is 2. The molecule has 3 rings (SSSR count). The van der Waals surface area contributed by atoms with E-state index in [2.05, 4.69) is 0 Å². The Labute approximate surface area is 181 Å². The van der Waals surface area contributed by atoms with E-state index in [1.54, 1.807) is 32.5 Å². The minimum atomic E-state index is -1.01. The molecule has 0 aromatic heterocycles. The number of allylic oxidation sites excluding steroid dienone is 2. The maximum Gasteiger partial charge on any atom is 0.338 e. The number of rotatable bonds is 7. The highest BCUT2D eigenvalue weighted by molar-refractivity contribution is 7.99. The Morgan fingerprint density at radius 2 is 1.90 bits per heavy atom. The van der Waals surface area contributed by atoms with Crippen LogP contribution in [-0.4, -0.2) is 46.6 Å². The second-order valence-electron chi connectivity index (χ2n) is 7.81. The van der Waals surface area contributed by atoms with E-state index in [9.17, 15) is 14.7 Å². The first-order valence-corrected chi connectivity index (χ1v) is 11.2. The Morgan fingerprint density at radius 1 is 1.23 bits per heavy atom. The zero-order chi connectivity index (χ0) is 21.9. The highest BCUT2D eigenvalue weighted by atomic mass is 32.2. The quantitative estimate of drug-likeness (QED) is 0.505. The molecule has 2 heterocycles. The van der Waals surface area contributed by atoms with Crippen LogP contribution in [0.1, 0.15) is 40.5 Å². The first kappa shape index (κ1) is 22.4. The van der Waals surface area contributed by atoms with Crippen molar-refractivity contribution in [3.63, 3.8) is 0 Å². The maximum atomic E-state index is 13.1. The number of esters is 1. The van der Waals surface area contributed by atoms with Gasteiger partial charge in [-0.25, -0.2) is 9.59 Å². The summed E-state index contributed by atoms with van der Waals surface area (Å²) in [5.74, 6) is -2.27. The van der Waals surface area contributed by atoms with E-state index in [1.807, 2.05) is 42.2 Å². The van der Waals surface area contributed by atoms with Gasteiger partial charge in [-0.2, -0.15) is 0 Å². The summed E-state index contributed by atoms with van der Waals surface area (Å²) in [6.07, 6.45) is 1.47. The average Bonchev–Trinajstić information content (AvgIpc) is 3.10. The van der Waals surface area contributed by atoms with Crippen LogP contribution >= 0.6 is 11.8 Å². The Bertz CT molecular complexity index is 871. The van der Waals surface area contributed by atoms with Crippen molar-refractivity contribution >= 4 is 23.7 Å². The lowest BCUT2D eigenvalue weighted by Crippen LogP contribution is -2.38. The summed E-state index contributed by atoms with van der Waals surface area (Å²) in [4.78, 5) is 28.2. The van der Waals surface area contributed by atoms with Crippen LogP contribution in [0.3, 0.4) is 0 Å². The number of hydrogen-bond acceptors (Lipinski definition) is 6. The smallest absolute Gasteiger partial charge is 0.338 e. The largest absolute Gasteiger partial charge is 0.478 e. The Morgan fingerprint density at radius 3 is 2.50 bits per heavy atom. The van der Waals surface area contributed by atoms with Gasteiger partial charge in [-0.1, -0.05) is 25.1 Å². The zero-order valence-corrected chi connectivity index (χ0v) is 18.8. The van der Waals surface area contributed by atoms with Crippen LogP contribution < -0.4 is 0 Å². The summed E-state index contributed by atoms with van der Waals surface area (Å²) in [5, 5.41) is 9.83. The molecule has 0 saturated carbocycles. The SMILES string of the molecule is CC1=C(C(=O)O)C(C)C(C(=O)OC2(C)CCCO2)=C(C)N1CCSc1ccccc1. The van der Waals surface area contributed by atoms with Gasteiger partial charge in [-0.15, -0.1) is 11.8 Å². The van der Waals surface area contributed by atoms with Gasteiger partial charge in [0.15, 0.2) is 0 Å². The predicted molar refractivity (Wildman–Crippen MR) is 116 cm³/mol. The van der Waals surface area contributed by atoms with Crippen LogP contribution in [0.5, 0.6) is 0 Å². The summed E-state index contributed by atoms with van der Waals surface area (Å²) < 4.78 is 11.3. The molecule has 1 aromatic carbocycles. The highest BCUT2D eigenvalue weighted by Crippen LogP contribution is 2.38. The normalized spacial score (nSPS) is 24.4. The molecular formula is C23H29NO5S. The van der Waals surface area contributed by atoms with E-state index in [1.165, 1.54) is 0 Å². The number of carboxylic acid groups (broad SMARTS) is 1. The molecule has 0 aliphatic carbocycles. The van der Waals surface area contributed by atoms with Crippen LogP contribution in [0.25, 0.3) is 0 Å². The molecule has 6 nitrogen and oxygen atoms in total.